The van der Waals surface area contributed by atoms with Crippen LogP contribution >= 0.6 is 0 Å². The van der Waals surface area contributed by atoms with Gasteiger partial charge in [0.15, 0.2) is 0 Å². The second-order valence-electron chi connectivity index (χ2n) is 4.94. The number of para-hydroxylation sites is 1. The van der Waals surface area contributed by atoms with E-state index in [1.807, 2.05) is 37.3 Å². The summed E-state index contributed by atoms with van der Waals surface area (Å²) < 4.78 is 1.17. The molecule has 5 heteroatoms. The van der Waals surface area contributed by atoms with Crippen molar-refractivity contribution >= 4 is 11.9 Å². The molecule has 2 rings (SSSR count). The van der Waals surface area contributed by atoms with Crippen molar-refractivity contribution in [1.29, 1.82) is 5.26 Å². The first-order valence-corrected chi connectivity index (χ1v) is 6.97. The van der Waals surface area contributed by atoms with Crippen LogP contribution in [0, 0.1) is 25.2 Å². The highest BCUT2D eigenvalue weighted by Gasteiger charge is 2.16. The summed E-state index contributed by atoms with van der Waals surface area (Å²) in [5, 5.41) is 19.5. The molecule has 112 valence electrons. The molecule has 0 fully saturated rings. The highest BCUT2D eigenvalue weighted by atomic mass is 16.3. The Morgan fingerprint density at radius 2 is 2.05 bits per heavy atom. The number of aromatic hydroxyl groups is 1. The van der Waals surface area contributed by atoms with Crippen LogP contribution in [-0.4, -0.2) is 15.9 Å². The molecule has 0 unspecified atom stereocenters. The van der Waals surface area contributed by atoms with Crippen molar-refractivity contribution in [2.24, 2.45) is 4.99 Å². The van der Waals surface area contributed by atoms with Crippen molar-refractivity contribution in [3.05, 3.63) is 56.9 Å². The molecule has 0 amide bonds. The summed E-state index contributed by atoms with van der Waals surface area (Å²) in [4.78, 5) is 16.5. The Balaban J connectivity index is 2.64. The van der Waals surface area contributed by atoms with Gasteiger partial charge in [0.05, 0.1) is 11.3 Å². The number of aromatic nitrogens is 1. The van der Waals surface area contributed by atoms with Crippen LogP contribution in [0.5, 0.6) is 5.88 Å². The fraction of sp³-hybridized carbons (Fsp3) is 0.235. The smallest absolute Gasteiger partial charge is 0.271 e. The highest BCUT2D eigenvalue weighted by Crippen LogP contribution is 2.22. The van der Waals surface area contributed by atoms with Gasteiger partial charge in [-0.3, -0.25) is 14.4 Å². The predicted molar refractivity (Wildman–Crippen MR) is 85.9 cm³/mol. The zero-order valence-electron chi connectivity index (χ0n) is 12.8. The second-order valence-corrected chi connectivity index (χ2v) is 4.94. The van der Waals surface area contributed by atoms with Gasteiger partial charge < -0.3 is 5.11 Å². The molecule has 5 nitrogen and oxygen atoms in total. The van der Waals surface area contributed by atoms with Crippen molar-refractivity contribution in [3.8, 4) is 11.9 Å². The van der Waals surface area contributed by atoms with Crippen LogP contribution in [0.15, 0.2) is 34.1 Å². The van der Waals surface area contributed by atoms with Crippen molar-refractivity contribution in [3.63, 3.8) is 0 Å². The third-order valence-electron chi connectivity index (χ3n) is 3.61. The Kier molecular flexibility index (Phi) is 4.42. The molecule has 2 aromatic rings. The molecule has 0 bridgehead atoms. The van der Waals surface area contributed by atoms with Crippen LogP contribution < -0.4 is 5.56 Å². The molecule has 0 aliphatic heterocycles. The van der Waals surface area contributed by atoms with Gasteiger partial charge in [-0.2, -0.15) is 5.26 Å². The normalized spacial score (nSPS) is 10.8. The third-order valence-corrected chi connectivity index (χ3v) is 3.61. The summed E-state index contributed by atoms with van der Waals surface area (Å²) >= 11 is 0. The second kappa shape index (κ2) is 6.27. The molecule has 1 N–H and O–H groups in total. The molecule has 1 aromatic carbocycles. The maximum Gasteiger partial charge on any atom is 0.271 e. The van der Waals surface area contributed by atoms with E-state index in [4.69, 9.17) is 0 Å². The average molecular weight is 295 g/mol. The van der Waals surface area contributed by atoms with E-state index in [0.29, 0.717) is 11.1 Å². The van der Waals surface area contributed by atoms with E-state index in [1.165, 1.54) is 10.8 Å². The van der Waals surface area contributed by atoms with Crippen LogP contribution in [-0.2, 0) is 6.54 Å². The minimum atomic E-state index is -0.479. The third kappa shape index (κ3) is 2.63. The first-order valence-electron chi connectivity index (χ1n) is 6.97. The molecule has 1 heterocycles. The van der Waals surface area contributed by atoms with Gasteiger partial charge in [-0.25, -0.2) is 0 Å². The lowest BCUT2D eigenvalue weighted by molar-refractivity contribution is 0.409. The van der Waals surface area contributed by atoms with Gasteiger partial charge in [0.1, 0.15) is 11.6 Å². The van der Waals surface area contributed by atoms with Crippen LogP contribution in [0.2, 0.25) is 0 Å². The van der Waals surface area contributed by atoms with Crippen molar-refractivity contribution in [1.82, 2.24) is 4.57 Å². The molecule has 0 aliphatic carbocycles. The number of rotatable bonds is 3. The summed E-state index contributed by atoms with van der Waals surface area (Å²) in [6, 6.07) is 9.50. The van der Waals surface area contributed by atoms with Gasteiger partial charge in [0, 0.05) is 12.8 Å². The molecule has 22 heavy (non-hydrogen) atoms. The molecule has 0 radical (unpaired) electrons. The van der Waals surface area contributed by atoms with Gasteiger partial charge in [-0.05, 0) is 38.0 Å². The van der Waals surface area contributed by atoms with Gasteiger partial charge >= 0.3 is 0 Å². The van der Waals surface area contributed by atoms with Crippen LogP contribution in [0.25, 0.3) is 0 Å². The van der Waals surface area contributed by atoms with Gasteiger partial charge in [-0.15, -0.1) is 0 Å². The van der Waals surface area contributed by atoms with Crippen molar-refractivity contribution in [2.75, 3.05) is 0 Å². The molecule has 0 saturated carbocycles. The fourth-order valence-corrected chi connectivity index (χ4v) is 2.26. The zero-order valence-corrected chi connectivity index (χ0v) is 12.8. The lowest BCUT2D eigenvalue weighted by Crippen LogP contribution is -2.24. The van der Waals surface area contributed by atoms with Crippen molar-refractivity contribution < 1.29 is 5.11 Å². The number of pyridine rings is 1. The van der Waals surface area contributed by atoms with Crippen LogP contribution in [0.4, 0.5) is 5.69 Å². The van der Waals surface area contributed by atoms with Crippen molar-refractivity contribution in [2.45, 2.75) is 27.3 Å². The fourth-order valence-electron chi connectivity index (χ4n) is 2.26. The maximum atomic E-state index is 12.1. The number of aliphatic imine (C=N–C) groups is 1. The molecule has 0 aliphatic rings. The topological polar surface area (TPSA) is 78.4 Å². The highest BCUT2D eigenvalue weighted by molar-refractivity contribution is 5.87. The van der Waals surface area contributed by atoms with E-state index < -0.39 is 5.56 Å². The summed E-state index contributed by atoms with van der Waals surface area (Å²) in [5.74, 6) is -0.165. The predicted octanol–water partition coefficient (Wildman–Crippen LogP) is 2.81. The summed E-state index contributed by atoms with van der Waals surface area (Å²) in [7, 11) is 0. The molecule has 0 saturated heterocycles. The Morgan fingerprint density at radius 1 is 1.36 bits per heavy atom. The largest absolute Gasteiger partial charge is 0.494 e. The number of nitrogens with zero attached hydrogens (tertiary/aromatic N) is 3. The van der Waals surface area contributed by atoms with E-state index in [2.05, 4.69) is 4.99 Å². The Bertz CT molecular complexity index is 842. The number of hydrogen-bond acceptors (Lipinski definition) is 4. The van der Waals surface area contributed by atoms with Crippen LogP contribution in [0.1, 0.15) is 29.2 Å². The molecular weight excluding hydrogens is 278 g/mol. The number of aryl methyl sites for hydroxylation is 1. The first-order chi connectivity index (χ1) is 10.5. The number of hydrogen-bond donors (Lipinski definition) is 1. The lowest BCUT2D eigenvalue weighted by atomic mass is 10.1. The molecular formula is C17H17N3O2. The molecule has 0 spiro atoms. The lowest BCUT2D eigenvalue weighted by Gasteiger charge is -2.12. The first kappa shape index (κ1) is 15.5. The van der Waals surface area contributed by atoms with Crippen LogP contribution in [0.3, 0.4) is 0 Å². The number of benzene rings is 1. The standard InChI is InChI=1S/C17H17N3O2/c1-4-20-16(21)13(9-18)12(3)14(17(20)22)10-19-15-8-6-5-7-11(15)2/h5-8,10,22H,4H2,1-3H3. The Labute approximate surface area is 128 Å². The van der Waals surface area contributed by atoms with Gasteiger partial charge in [0.2, 0.25) is 5.88 Å². The maximum absolute atomic E-state index is 12.1. The van der Waals surface area contributed by atoms with E-state index >= 15 is 0 Å². The van der Waals surface area contributed by atoms with E-state index in [1.54, 1.807) is 13.8 Å². The number of nitriles is 1. The minimum Gasteiger partial charge on any atom is -0.494 e. The minimum absolute atomic E-state index is 0.0332. The zero-order chi connectivity index (χ0) is 16.3. The SMILES string of the molecule is CCn1c(O)c(C=Nc2ccccc2C)c(C)c(C#N)c1=O. The van der Waals surface area contributed by atoms with Gasteiger partial charge in [0.25, 0.3) is 5.56 Å². The van der Waals surface area contributed by atoms with E-state index in [-0.39, 0.29) is 18.0 Å². The molecule has 1 aromatic heterocycles. The quantitative estimate of drug-likeness (QED) is 0.884. The Morgan fingerprint density at radius 3 is 2.64 bits per heavy atom. The summed E-state index contributed by atoms with van der Waals surface area (Å²) in [6.07, 6.45) is 1.50. The monoisotopic (exact) mass is 295 g/mol. The van der Waals surface area contributed by atoms with E-state index in [9.17, 15) is 15.2 Å². The summed E-state index contributed by atoms with van der Waals surface area (Å²) in [6.45, 7) is 5.59. The van der Waals surface area contributed by atoms with E-state index in [0.717, 1.165) is 11.3 Å². The van der Waals surface area contributed by atoms with Gasteiger partial charge in [-0.1, -0.05) is 18.2 Å². The average Bonchev–Trinajstić information content (AvgIpc) is 2.49. The Hall–Kier alpha value is -2.87. The molecule has 0 atom stereocenters. The summed E-state index contributed by atoms with van der Waals surface area (Å²) in [5.41, 5.74) is 2.15.